The number of carbonyl (C=O) groups excluding carboxylic acids is 1. The molecule has 1 aromatic heterocycles. The van der Waals surface area contributed by atoms with Crippen LogP contribution in [0.25, 0.3) is 0 Å². The van der Waals surface area contributed by atoms with Gasteiger partial charge in [0, 0.05) is 25.2 Å². The molecular weight excluding hydrogens is 487 g/mol. The molecule has 0 saturated heterocycles. The molecule has 1 amide bonds. The summed E-state index contributed by atoms with van der Waals surface area (Å²) in [6.45, 7) is 5.12. The highest BCUT2D eigenvalue weighted by Gasteiger charge is 2.10. The Balaban J connectivity index is 0.00000364. The quantitative estimate of drug-likeness (QED) is 0.232. The van der Waals surface area contributed by atoms with Gasteiger partial charge < -0.3 is 16.0 Å². The second-order valence-corrected chi connectivity index (χ2v) is 6.24. The molecule has 2 rings (SSSR count). The van der Waals surface area contributed by atoms with Crippen molar-refractivity contribution in [2.75, 3.05) is 19.6 Å². The molecular formula is C17H22F2IN5OS. The number of thiazole rings is 1. The molecule has 1 aromatic carbocycles. The van der Waals surface area contributed by atoms with Gasteiger partial charge in [0.1, 0.15) is 16.5 Å². The highest BCUT2D eigenvalue weighted by Crippen LogP contribution is 2.11. The van der Waals surface area contributed by atoms with E-state index in [2.05, 4.69) is 25.9 Å². The monoisotopic (exact) mass is 509 g/mol. The Labute approximate surface area is 177 Å². The number of nitrogens with one attached hydrogen (secondary N) is 3. The smallest absolute Gasteiger partial charge is 0.263 e. The zero-order valence-electron chi connectivity index (χ0n) is 15.0. The zero-order valence-corrected chi connectivity index (χ0v) is 18.2. The summed E-state index contributed by atoms with van der Waals surface area (Å²) in [5, 5.41) is 8.84. The van der Waals surface area contributed by atoms with Gasteiger partial charge in [-0.15, -0.1) is 35.3 Å². The molecule has 0 aliphatic heterocycles. The minimum absolute atomic E-state index is 0. The Hall–Kier alpha value is -1.82. The number of aliphatic imine (C=N–C) groups is 1. The predicted molar refractivity (Wildman–Crippen MR) is 114 cm³/mol. The molecule has 10 heteroatoms. The van der Waals surface area contributed by atoms with Crippen molar-refractivity contribution in [3.63, 3.8) is 0 Å². The molecule has 0 aliphatic carbocycles. The van der Waals surface area contributed by atoms with E-state index in [-0.39, 0.29) is 42.0 Å². The number of halogens is 3. The van der Waals surface area contributed by atoms with Crippen molar-refractivity contribution < 1.29 is 13.6 Å². The molecule has 27 heavy (non-hydrogen) atoms. The largest absolute Gasteiger partial charge is 0.357 e. The molecule has 148 valence electrons. The normalized spacial score (nSPS) is 10.9. The van der Waals surface area contributed by atoms with Crippen molar-refractivity contribution in [2.24, 2.45) is 4.99 Å². The van der Waals surface area contributed by atoms with Crippen molar-refractivity contribution in [2.45, 2.75) is 20.4 Å². The number of amides is 1. The summed E-state index contributed by atoms with van der Waals surface area (Å²) in [4.78, 5) is 20.8. The molecule has 0 atom stereocenters. The first-order valence-electron chi connectivity index (χ1n) is 8.15. The first-order valence-corrected chi connectivity index (χ1v) is 9.03. The third-order valence-electron chi connectivity index (χ3n) is 3.41. The second kappa shape index (κ2) is 11.8. The first kappa shape index (κ1) is 23.2. The number of hydrogen-bond acceptors (Lipinski definition) is 4. The minimum atomic E-state index is -0.504. The number of carbonyl (C=O) groups is 1. The lowest BCUT2D eigenvalue weighted by atomic mass is 10.2. The molecule has 0 bridgehead atoms. The van der Waals surface area contributed by atoms with Crippen molar-refractivity contribution in [3.8, 4) is 0 Å². The molecule has 1 heterocycles. The fourth-order valence-corrected chi connectivity index (χ4v) is 2.85. The summed E-state index contributed by atoms with van der Waals surface area (Å²) in [5.41, 5.74) is 2.51. The van der Waals surface area contributed by atoms with Gasteiger partial charge in [-0.2, -0.15) is 0 Å². The van der Waals surface area contributed by atoms with Crippen molar-refractivity contribution in [1.29, 1.82) is 0 Å². The fourth-order valence-electron chi connectivity index (χ4n) is 2.13. The number of hydrogen-bond donors (Lipinski definition) is 3. The third-order valence-corrected chi connectivity index (χ3v) is 4.34. The number of aromatic nitrogens is 1. The first-order chi connectivity index (χ1) is 12.5. The van der Waals surface area contributed by atoms with Crippen molar-refractivity contribution in [3.05, 3.63) is 51.5 Å². The van der Waals surface area contributed by atoms with E-state index >= 15 is 0 Å². The SMILES string of the molecule is CCNC(=NCc1cc(F)ccc1F)NCCNC(=O)c1scnc1C.I. The van der Waals surface area contributed by atoms with Crippen LogP contribution >= 0.6 is 35.3 Å². The minimum Gasteiger partial charge on any atom is -0.357 e. The molecule has 0 saturated carbocycles. The van der Waals surface area contributed by atoms with Crippen LogP contribution < -0.4 is 16.0 Å². The summed E-state index contributed by atoms with van der Waals surface area (Å²) in [6, 6.07) is 3.27. The highest BCUT2D eigenvalue weighted by molar-refractivity contribution is 14.0. The summed E-state index contributed by atoms with van der Waals surface area (Å²) in [7, 11) is 0. The maximum Gasteiger partial charge on any atom is 0.263 e. The van der Waals surface area contributed by atoms with Gasteiger partial charge in [0.15, 0.2) is 5.96 Å². The van der Waals surface area contributed by atoms with Crippen LogP contribution in [0.3, 0.4) is 0 Å². The van der Waals surface area contributed by atoms with E-state index in [0.29, 0.717) is 36.2 Å². The number of aryl methyl sites for hydroxylation is 1. The molecule has 3 N–H and O–H groups in total. The van der Waals surface area contributed by atoms with Crippen LogP contribution in [0, 0.1) is 18.6 Å². The Morgan fingerprint density at radius 3 is 2.63 bits per heavy atom. The molecule has 0 spiro atoms. The maximum atomic E-state index is 13.6. The molecule has 0 aliphatic rings. The Bertz CT molecular complexity index is 784. The van der Waals surface area contributed by atoms with Crippen LogP contribution in [0.1, 0.15) is 27.9 Å². The summed E-state index contributed by atoms with van der Waals surface area (Å²) in [5.74, 6) is -0.719. The van der Waals surface area contributed by atoms with Gasteiger partial charge in [0.2, 0.25) is 0 Å². The topological polar surface area (TPSA) is 78.4 Å². The lowest BCUT2D eigenvalue weighted by Crippen LogP contribution is -2.41. The van der Waals surface area contributed by atoms with E-state index in [9.17, 15) is 13.6 Å². The van der Waals surface area contributed by atoms with E-state index in [1.807, 2.05) is 6.92 Å². The van der Waals surface area contributed by atoms with Gasteiger partial charge in [-0.05, 0) is 32.0 Å². The van der Waals surface area contributed by atoms with E-state index < -0.39 is 11.6 Å². The van der Waals surface area contributed by atoms with Crippen LogP contribution in [0.2, 0.25) is 0 Å². The van der Waals surface area contributed by atoms with Crippen LogP contribution in [-0.4, -0.2) is 36.5 Å². The second-order valence-electron chi connectivity index (χ2n) is 5.38. The van der Waals surface area contributed by atoms with E-state index in [1.165, 1.54) is 11.3 Å². The molecule has 6 nitrogen and oxygen atoms in total. The maximum absolute atomic E-state index is 13.6. The van der Waals surface area contributed by atoms with Gasteiger partial charge in [0.25, 0.3) is 5.91 Å². The average molecular weight is 509 g/mol. The van der Waals surface area contributed by atoms with Crippen LogP contribution in [0.15, 0.2) is 28.7 Å². The molecule has 0 radical (unpaired) electrons. The van der Waals surface area contributed by atoms with E-state index in [0.717, 1.165) is 18.2 Å². The fraction of sp³-hybridized carbons (Fsp3) is 0.353. The Morgan fingerprint density at radius 2 is 1.96 bits per heavy atom. The summed E-state index contributed by atoms with van der Waals surface area (Å²) >= 11 is 1.29. The van der Waals surface area contributed by atoms with Gasteiger partial charge in [-0.3, -0.25) is 4.79 Å². The van der Waals surface area contributed by atoms with Gasteiger partial charge in [0.05, 0.1) is 17.7 Å². The Morgan fingerprint density at radius 1 is 1.22 bits per heavy atom. The molecule has 2 aromatic rings. The molecule has 0 fully saturated rings. The van der Waals surface area contributed by atoms with Crippen LogP contribution in [-0.2, 0) is 6.54 Å². The number of benzene rings is 1. The summed E-state index contributed by atoms with van der Waals surface area (Å²) < 4.78 is 26.8. The Kier molecular flexibility index (Phi) is 10.1. The van der Waals surface area contributed by atoms with E-state index in [4.69, 9.17) is 0 Å². The third kappa shape index (κ3) is 7.37. The number of guanidine groups is 1. The number of rotatable bonds is 7. The lowest BCUT2D eigenvalue weighted by molar-refractivity contribution is 0.0957. The predicted octanol–water partition coefficient (Wildman–Crippen LogP) is 2.83. The molecule has 0 unspecified atom stereocenters. The lowest BCUT2D eigenvalue weighted by Gasteiger charge is -2.12. The highest BCUT2D eigenvalue weighted by atomic mass is 127. The number of nitrogens with zero attached hydrogens (tertiary/aromatic N) is 2. The van der Waals surface area contributed by atoms with Crippen molar-refractivity contribution in [1.82, 2.24) is 20.9 Å². The van der Waals surface area contributed by atoms with Crippen molar-refractivity contribution >= 4 is 47.2 Å². The average Bonchev–Trinajstić information content (AvgIpc) is 3.05. The van der Waals surface area contributed by atoms with Gasteiger partial charge in [-0.1, -0.05) is 0 Å². The van der Waals surface area contributed by atoms with E-state index in [1.54, 1.807) is 12.4 Å². The summed E-state index contributed by atoms with van der Waals surface area (Å²) in [6.07, 6.45) is 0. The zero-order chi connectivity index (χ0) is 18.9. The van der Waals surface area contributed by atoms with Crippen LogP contribution in [0.5, 0.6) is 0 Å². The van der Waals surface area contributed by atoms with Gasteiger partial charge >= 0.3 is 0 Å². The van der Waals surface area contributed by atoms with Crippen LogP contribution in [0.4, 0.5) is 8.78 Å². The van der Waals surface area contributed by atoms with Gasteiger partial charge in [-0.25, -0.2) is 18.8 Å². The standard InChI is InChI=1S/C17H21F2N5OS.HI/c1-3-20-17(23-9-12-8-13(18)4-5-14(12)19)22-7-6-21-16(25)15-11(2)24-10-26-15;/h4-5,8,10H,3,6-7,9H2,1-2H3,(H,21,25)(H2,20,22,23);1H.